The van der Waals surface area contributed by atoms with Gasteiger partial charge in [-0.05, 0) is 38.4 Å². The van der Waals surface area contributed by atoms with Crippen molar-refractivity contribution in [2.24, 2.45) is 0 Å². The van der Waals surface area contributed by atoms with E-state index in [4.69, 9.17) is 4.52 Å². The molecule has 3 aromatic heterocycles. The van der Waals surface area contributed by atoms with Crippen molar-refractivity contribution in [1.29, 1.82) is 0 Å². The van der Waals surface area contributed by atoms with E-state index in [1.165, 1.54) is 12.8 Å². The molecule has 7 heteroatoms. The second-order valence-electron chi connectivity index (χ2n) is 7.01. The van der Waals surface area contributed by atoms with Crippen LogP contribution < -0.4 is 10.2 Å². The topological polar surface area (TPSA) is 80.0 Å². The van der Waals surface area contributed by atoms with E-state index in [1.54, 1.807) is 12.4 Å². The predicted octanol–water partition coefficient (Wildman–Crippen LogP) is 2.94. The van der Waals surface area contributed by atoms with E-state index < -0.39 is 0 Å². The van der Waals surface area contributed by atoms with Crippen LogP contribution in [0.4, 0.5) is 5.82 Å². The normalized spacial score (nSPS) is 17.0. The molecule has 1 aliphatic rings. The maximum absolute atomic E-state index is 5.52. The lowest BCUT2D eigenvalue weighted by atomic mass is 9.96. The Hall–Kier alpha value is -2.80. The first-order chi connectivity index (χ1) is 13.2. The van der Waals surface area contributed by atoms with Crippen LogP contribution in [0.5, 0.6) is 0 Å². The highest BCUT2D eigenvalue weighted by Crippen LogP contribution is 2.25. The number of aromatic nitrogens is 4. The number of rotatable bonds is 5. The first-order valence-electron chi connectivity index (χ1n) is 9.32. The van der Waals surface area contributed by atoms with Gasteiger partial charge in [-0.25, -0.2) is 9.97 Å². The highest BCUT2D eigenvalue weighted by molar-refractivity contribution is 5.57. The van der Waals surface area contributed by atoms with Gasteiger partial charge in [0.05, 0.1) is 12.2 Å². The molecule has 1 fully saturated rings. The molecule has 7 nitrogen and oxygen atoms in total. The average molecular weight is 364 g/mol. The standard InChI is InChI=1S/C20H24N6O/c1-14-23-18(16-4-3-7-22-12-16)11-20(24-14)26(2)13-17-10-19(25-27-17)15-5-8-21-9-6-15/h5-6,8-11,16,22H,3-4,7,12-13H2,1-2H3. The van der Waals surface area contributed by atoms with E-state index in [0.29, 0.717) is 12.5 Å². The molecule has 0 bridgehead atoms. The zero-order valence-electron chi connectivity index (χ0n) is 15.7. The molecule has 3 aromatic rings. The molecular formula is C20H24N6O. The van der Waals surface area contributed by atoms with Gasteiger partial charge >= 0.3 is 0 Å². The third-order valence-corrected chi connectivity index (χ3v) is 4.88. The molecule has 0 saturated carbocycles. The summed E-state index contributed by atoms with van der Waals surface area (Å²) in [5, 5.41) is 7.63. The fourth-order valence-electron chi connectivity index (χ4n) is 3.44. The van der Waals surface area contributed by atoms with Gasteiger partial charge in [0, 0.05) is 49.6 Å². The molecule has 4 heterocycles. The molecule has 1 saturated heterocycles. The third-order valence-electron chi connectivity index (χ3n) is 4.88. The van der Waals surface area contributed by atoms with Gasteiger partial charge in [0.25, 0.3) is 0 Å². The largest absolute Gasteiger partial charge is 0.359 e. The molecule has 0 aliphatic carbocycles. The van der Waals surface area contributed by atoms with Gasteiger partial charge in [-0.15, -0.1) is 0 Å². The number of hydrogen-bond donors (Lipinski definition) is 1. The summed E-state index contributed by atoms with van der Waals surface area (Å²) < 4.78 is 5.52. The van der Waals surface area contributed by atoms with Crippen LogP contribution in [0.2, 0.25) is 0 Å². The van der Waals surface area contributed by atoms with E-state index in [0.717, 1.165) is 47.4 Å². The number of anilines is 1. The number of nitrogens with one attached hydrogen (secondary N) is 1. The highest BCUT2D eigenvalue weighted by Gasteiger charge is 2.19. The molecular weight excluding hydrogens is 340 g/mol. The molecule has 4 rings (SSSR count). The van der Waals surface area contributed by atoms with E-state index in [1.807, 2.05) is 32.2 Å². The summed E-state index contributed by atoms with van der Waals surface area (Å²) in [6, 6.07) is 7.91. The average Bonchev–Trinajstić information content (AvgIpc) is 3.17. The van der Waals surface area contributed by atoms with Crippen molar-refractivity contribution in [3.8, 4) is 11.3 Å². The minimum Gasteiger partial charge on any atom is -0.359 e. The van der Waals surface area contributed by atoms with E-state index in [-0.39, 0.29) is 0 Å². The minimum atomic E-state index is 0.455. The van der Waals surface area contributed by atoms with Crippen molar-refractivity contribution in [3.63, 3.8) is 0 Å². The molecule has 1 aliphatic heterocycles. The molecule has 0 amide bonds. The summed E-state index contributed by atoms with van der Waals surface area (Å²) in [6.07, 6.45) is 5.86. The van der Waals surface area contributed by atoms with Crippen molar-refractivity contribution >= 4 is 5.82 Å². The van der Waals surface area contributed by atoms with Gasteiger partial charge < -0.3 is 14.7 Å². The van der Waals surface area contributed by atoms with Gasteiger partial charge in [0.1, 0.15) is 17.3 Å². The highest BCUT2D eigenvalue weighted by atomic mass is 16.5. The van der Waals surface area contributed by atoms with Crippen molar-refractivity contribution in [3.05, 3.63) is 53.9 Å². The molecule has 0 spiro atoms. The van der Waals surface area contributed by atoms with Crippen LogP contribution >= 0.6 is 0 Å². The lowest BCUT2D eigenvalue weighted by molar-refractivity contribution is 0.384. The van der Waals surface area contributed by atoms with Gasteiger partial charge in [0.15, 0.2) is 5.76 Å². The Labute approximate surface area is 158 Å². The van der Waals surface area contributed by atoms with Crippen LogP contribution in [0, 0.1) is 6.92 Å². The molecule has 1 unspecified atom stereocenters. The molecule has 1 atom stereocenters. The monoisotopic (exact) mass is 364 g/mol. The molecule has 0 radical (unpaired) electrons. The third kappa shape index (κ3) is 4.14. The second-order valence-corrected chi connectivity index (χ2v) is 7.01. The van der Waals surface area contributed by atoms with Crippen molar-refractivity contribution in [2.75, 3.05) is 25.0 Å². The van der Waals surface area contributed by atoms with Crippen LogP contribution in [-0.2, 0) is 6.54 Å². The Kier molecular flexibility index (Phi) is 5.11. The maximum atomic E-state index is 5.52. The Morgan fingerprint density at radius 2 is 2.07 bits per heavy atom. The number of piperidine rings is 1. The smallest absolute Gasteiger partial charge is 0.156 e. The zero-order valence-corrected chi connectivity index (χ0v) is 15.7. The summed E-state index contributed by atoms with van der Waals surface area (Å²) in [7, 11) is 2.01. The maximum Gasteiger partial charge on any atom is 0.156 e. The minimum absolute atomic E-state index is 0.455. The molecule has 140 valence electrons. The quantitative estimate of drug-likeness (QED) is 0.745. The van der Waals surface area contributed by atoms with Gasteiger partial charge in [-0.1, -0.05) is 5.16 Å². The molecule has 0 aromatic carbocycles. The van der Waals surface area contributed by atoms with Gasteiger partial charge in [0.2, 0.25) is 0 Å². The van der Waals surface area contributed by atoms with Crippen LogP contribution in [0.25, 0.3) is 11.3 Å². The van der Waals surface area contributed by atoms with E-state index in [2.05, 4.69) is 36.4 Å². The Morgan fingerprint density at radius 1 is 1.22 bits per heavy atom. The van der Waals surface area contributed by atoms with Gasteiger partial charge in [-0.2, -0.15) is 0 Å². The summed E-state index contributed by atoms with van der Waals surface area (Å²) >= 11 is 0. The van der Waals surface area contributed by atoms with E-state index >= 15 is 0 Å². The lowest BCUT2D eigenvalue weighted by Gasteiger charge is -2.24. The van der Waals surface area contributed by atoms with Crippen molar-refractivity contribution in [1.82, 2.24) is 25.4 Å². The molecule has 1 N–H and O–H groups in total. The van der Waals surface area contributed by atoms with Crippen LogP contribution in [0.1, 0.15) is 36.0 Å². The van der Waals surface area contributed by atoms with E-state index in [9.17, 15) is 0 Å². The Balaban J connectivity index is 1.50. The van der Waals surface area contributed by atoms with Crippen LogP contribution in [0.3, 0.4) is 0 Å². The SMILES string of the molecule is Cc1nc(C2CCCNC2)cc(N(C)Cc2cc(-c3ccncc3)no2)n1. The summed E-state index contributed by atoms with van der Waals surface area (Å²) in [4.78, 5) is 15.4. The van der Waals surface area contributed by atoms with Crippen LogP contribution in [-0.4, -0.2) is 40.2 Å². The first kappa shape index (κ1) is 17.6. The van der Waals surface area contributed by atoms with Crippen LogP contribution in [0.15, 0.2) is 41.2 Å². The number of nitrogens with zero attached hydrogens (tertiary/aromatic N) is 5. The van der Waals surface area contributed by atoms with Crippen molar-refractivity contribution in [2.45, 2.75) is 32.2 Å². The summed E-state index contributed by atoms with van der Waals surface area (Å²) in [6.45, 7) is 4.62. The lowest BCUT2D eigenvalue weighted by Crippen LogP contribution is -2.29. The number of pyridine rings is 1. The van der Waals surface area contributed by atoms with Gasteiger partial charge in [-0.3, -0.25) is 4.98 Å². The fourth-order valence-corrected chi connectivity index (χ4v) is 3.44. The zero-order chi connectivity index (χ0) is 18.6. The van der Waals surface area contributed by atoms with Crippen molar-refractivity contribution < 1.29 is 4.52 Å². The molecule has 27 heavy (non-hydrogen) atoms. The predicted molar refractivity (Wildman–Crippen MR) is 103 cm³/mol. The summed E-state index contributed by atoms with van der Waals surface area (Å²) in [5.41, 5.74) is 2.92. The number of aryl methyl sites for hydroxylation is 1. The fraction of sp³-hybridized carbons (Fsp3) is 0.400. The Bertz CT molecular complexity index is 888. The Morgan fingerprint density at radius 3 is 2.85 bits per heavy atom. The summed E-state index contributed by atoms with van der Waals surface area (Å²) in [5.74, 6) is 2.96. The number of hydrogen-bond acceptors (Lipinski definition) is 7. The second kappa shape index (κ2) is 7.84. The first-order valence-corrected chi connectivity index (χ1v) is 9.32.